The van der Waals surface area contributed by atoms with E-state index in [-0.39, 0.29) is 17.9 Å². The number of rotatable bonds is 7. The Balaban J connectivity index is 1.34. The van der Waals surface area contributed by atoms with E-state index in [0.717, 1.165) is 30.1 Å². The van der Waals surface area contributed by atoms with Crippen molar-refractivity contribution in [2.75, 3.05) is 36.3 Å². The van der Waals surface area contributed by atoms with Crippen LogP contribution in [0.15, 0.2) is 18.3 Å². The highest BCUT2D eigenvalue weighted by Gasteiger charge is 2.36. The molecule has 4 rings (SSSR count). The number of hydrogen-bond acceptors (Lipinski definition) is 8. The van der Waals surface area contributed by atoms with Gasteiger partial charge in [-0.15, -0.1) is 0 Å². The third kappa shape index (κ3) is 4.35. The molecule has 0 saturated heterocycles. The number of anilines is 3. The Bertz CT molecular complexity index is 943. The summed E-state index contributed by atoms with van der Waals surface area (Å²) in [6.45, 7) is 6.63. The second kappa shape index (κ2) is 8.56. The lowest BCUT2D eigenvalue weighted by atomic mass is 9.81. The fourth-order valence-corrected chi connectivity index (χ4v) is 4.24. The van der Waals surface area contributed by atoms with Crippen LogP contribution in [0, 0.1) is 18.8 Å². The number of aromatic nitrogens is 3. The first kappa shape index (κ1) is 21.1. The predicted octanol–water partition coefficient (Wildman–Crippen LogP) is 2.87. The van der Waals surface area contributed by atoms with Crippen LogP contribution in [-0.2, 0) is 4.79 Å². The van der Waals surface area contributed by atoms with Crippen molar-refractivity contribution in [3.8, 4) is 11.6 Å². The summed E-state index contributed by atoms with van der Waals surface area (Å²) in [5.74, 6) is 3.33. The summed E-state index contributed by atoms with van der Waals surface area (Å²) in [5.41, 5.74) is 1.46. The van der Waals surface area contributed by atoms with Crippen molar-refractivity contribution in [2.45, 2.75) is 45.7 Å². The third-order valence-electron chi connectivity index (χ3n) is 5.94. The minimum absolute atomic E-state index is 0.00805. The number of carbonyl (C=O) groups excluding carboxylic acids is 1. The van der Waals surface area contributed by atoms with Gasteiger partial charge in [0, 0.05) is 19.2 Å². The van der Waals surface area contributed by atoms with E-state index < -0.39 is 0 Å². The van der Waals surface area contributed by atoms with E-state index >= 15 is 0 Å². The van der Waals surface area contributed by atoms with Crippen molar-refractivity contribution in [1.82, 2.24) is 15.0 Å². The molecule has 2 aliphatic rings. The number of aryl methyl sites for hydroxylation is 1. The molecule has 1 atom stereocenters. The first-order valence-electron chi connectivity index (χ1n) is 10.7. The molecule has 1 fully saturated rings. The summed E-state index contributed by atoms with van der Waals surface area (Å²) in [4.78, 5) is 27.9. The smallest absolute Gasteiger partial charge is 0.247 e. The molecule has 1 aliphatic heterocycles. The van der Waals surface area contributed by atoms with E-state index in [1.54, 1.807) is 19.4 Å². The molecule has 1 saturated carbocycles. The number of hydrogen-bond donors (Lipinski definition) is 2. The van der Waals surface area contributed by atoms with Crippen molar-refractivity contribution in [3.63, 3.8) is 0 Å². The molecule has 3 heterocycles. The van der Waals surface area contributed by atoms with Gasteiger partial charge in [0.05, 0.1) is 25.6 Å². The zero-order valence-electron chi connectivity index (χ0n) is 18.7. The van der Waals surface area contributed by atoms with E-state index in [9.17, 15) is 4.79 Å². The molecule has 0 bridgehead atoms. The summed E-state index contributed by atoms with van der Waals surface area (Å²) < 4.78 is 10.9. The number of likely N-dealkylation sites (N-methyl/N-ethyl adjacent to an activating group) is 1. The van der Waals surface area contributed by atoms with E-state index in [0.29, 0.717) is 36.1 Å². The Morgan fingerprint density at radius 1 is 1.29 bits per heavy atom. The van der Waals surface area contributed by atoms with Crippen LogP contribution in [0.1, 0.15) is 32.4 Å². The Morgan fingerprint density at radius 2 is 2.06 bits per heavy atom. The molecular formula is C22H30N6O3. The first-order valence-corrected chi connectivity index (χ1v) is 10.7. The lowest BCUT2D eigenvalue weighted by molar-refractivity contribution is -0.118. The number of pyridine rings is 1. The zero-order valence-corrected chi connectivity index (χ0v) is 18.7. The standard InChI is InChI=1S/C22H30N6O3/c1-12(2)19-21(29)26-18-13(3)24-22(27-20(18)28(19)4)25-15-8-14(9-15)11-31-16-6-7-17(30-5)23-10-16/h6-7,10,12,14-15,19H,8-9,11H2,1-5H3,(H,26,29)(H,24,25,27)/t14-,15+,19?. The SMILES string of the molecule is COc1ccc(OC[C@H]2C[C@@H](Nc3nc(C)c4c(n3)N(C)C(C(C)C)C(=O)N4)C2)cn1. The highest BCUT2D eigenvalue weighted by Crippen LogP contribution is 2.35. The highest BCUT2D eigenvalue weighted by atomic mass is 16.5. The number of carbonyl (C=O) groups is 1. The van der Waals surface area contributed by atoms with Crippen LogP contribution in [0.4, 0.5) is 17.5 Å². The molecule has 1 amide bonds. The molecule has 9 heteroatoms. The second-order valence-corrected chi connectivity index (χ2v) is 8.65. The Morgan fingerprint density at radius 3 is 2.71 bits per heavy atom. The third-order valence-corrected chi connectivity index (χ3v) is 5.94. The number of nitrogens with one attached hydrogen (secondary N) is 2. The maximum absolute atomic E-state index is 12.5. The quantitative estimate of drug-likeness (QED) is 0.697. The molecule has 1 unspecified atom stereocenters. The normalized spacial score (nSPS) is 22.5. The van der Waals surface area contributed by atoms with Gasteiger partial charge >= 0.3 is 0 Å². The molecule has 166 valence electrons. The molecule has 31 heavy (non-hydrogen) atoms. The van der Waals surface area contributed by atoms with Gasteiger partial charge in [0.25, 0.3) is 0 Å². The minimum Gasteiger partial charge on any atom is -0.492 e. The van der Waals surface area contributed by atoms with E-state index in [2.05, 4.69) is 20.6 Å². The predicted molar refractivity (Wildman–Crippen MR) is 119 cm³/mol. The maximum atomic E-state index is 12.5. The molecule has 0 aromatic carbocycles. The number of fused-ring (bicyclic) bond motifs is 1. The van der Waals surface area contributed by atoms with Crippen LogP contribution in [0.5, 0.6) is 11.6 Å². The van der Waals surface area contributed by atoms with Crippen molar-refractivity contribution >= 4 is 23.4 Å². The van der Waals surface area contributed by atoms with E-state index in [1.807, 2.05) is 38.8 Å². The Kier molecular flexibility index (Phi) is 5.84. The maximum Gasteiger partial charge on any atom is 0.247 e. The number of nitrogens with zero attached hydrogens (tertiary/aromatic N) is 4. The van der Waals surface area contributed by atoms with Gasteiger partial charge in [-0.05, 0) is 37.7 Å². The minimum atomic E-state index is -0.243. The zero-order chi connectivity index (χ0) is 22.1. The molecule has 2 N–H and O–H groups in total. The van der Waals surface area contributed by atoms with Crippen LogP contribution in [0.2, 0.25) is 0 Å². The van der Waals surface area contributed by atoms with Crippen LogP contribution in [0.25, 0.3) is 0 Å². The van der Waals surface area contributed by atoms with Crippen LogP contribution < -0.4 is 25.0 Å². The second-order valence-electron chi connectivity index (χ2n) is 8.65. The molecule has 2 aromatic rings. The lowest BCUT2D eigenvalue weighted by Crippen LogP contribution is -2.50. The molecular weight excluding hydrogens is 396 g/mol. The number of methoxy groups -OCH3 is 1. The van der Waals surface area contributed by atoms with Crippen molar-refractivity contribution < 1.29 is 14.3 Å². The highest BCUT2D eigenvalue weighted by molar-refractivity contribution is 6.03. The fraction of sp³-hybridized carbons (Fsp3) is 0.545. The average molecular weight is 427 g/mol. The van der Waals surface area contributed by atoms with Gasteiger partial charge in [-0.3, -0.25) is 4.79 Å². The summed E-state index contributed by atoms with van der Waals surface area (Å²) in [6, 6.07) is 3.72. The number of ether oxygens (including phenoxy) is 2. The summed E-state index contributed by atoms with van der Waals surface area (Å²) in [5, 5.41) is 6.42. The monoisotopic (exact) mass is 426 g/mol. The molecule has 2 aromatic heterocycles. The summed E-state index contributed by atoms with van der Waals surface area (Å²) in [7, 11) is 3.51. The molecule has 1 aliphatic carbocycles. The Labute approximate surface area is 182 Å². The molecule has 0 radical (unpaired) electrons. The van der Waals surface area contributed by atoms with E-state index in [4.69, 9.17) is 14.5 Å². The Hall–Kier alpha value is -3.10. The van der Waals surface area contributed by atoms with Crippen molar-refractivity contribution in [1.29, 1.82) is 0 Å². The van der Waals surface area contributed by atoms with E-state index in [1.165, 1.54) is 0 Å². The summed E-state index contributed by atoms with van der Waals surface area (Å²) >= 11 is 0. The van der Waals surface area contributed by atoms with Crippen LogP contribution in [-0.4, -0.2) is 53.7 Å². The van der Waals surface area contributed by atoms with Crippen LogP contribution in [0.3, 0.4) is 0 Å². The van der Waals surface area contributed by atoms with Crippen molar-refractivity contribution in [3.05, 3.63) is 24.0 Å². The average Bonchev–Trinajstić information content (AvgIpc) is 2.70. The van der Waals surface area contributed by atoms with Gasteiger partial charge in [-0.1, -0.05) is 13.8 Å². The number of amides is 1. The van der Waals surface area contributed by atoms with Gasteiger partial charge in [0.2, 0.25) is 17.7 Å². The fourth-order valence-electron chi connectivity index (χ4n) is 4.24. The van der Waals surface area contributed by atoms with Gasteiger partial charge in [-0.25, -0.2) is 9.97 Å². The largest absolute Gasteiger partial charge is 0.492 e. The molecule has 0 spiro atoms. The topological polar surface area (TPSA) is 102 Å². The van der Waals surface area contributed by atoms with Gasteiger partial charge < -0.3 is 25.0 Å². The summed E-state index contributed by atoms with van der Waals surface area (Å²) in [6.07, 6.45) is 3.66. The lowest BCUT2D eigenvalue weighted by Gasteiger charge is -2.38. The van der Waals surface area contributed by atoms with Crippen LogP contribution >= 0.6 is 0 Å². The van der Waals surface area contributed by atoms with Crippen molar-refractivity contribution in [2.24, 2.45) is 11.8 Å². The molecule has 9 nitrogen and oxygen atoms in total. The van der Waals surface area contributed by atoms with Gasteiger partial charge in [-0.2, -0.15) is 4.98 Å². The van der Waals surface area contributed by atoms with Gasteiger partial charge in [0.15, 0.2) is 5.82 Å². The first-order chi connectivity index (χ1) is 14.9. The van der Waals surface area contributed by atoms with Gasteiger partial charge in [0.1, 0.15) is 17.5 Å².